The molecule has 3 heteroatoms. The third-order valence-electron chi connectivity index (χ3n) is 2.06. The topological polar surface area (TPSA) is 52.3 Å². The fraction of sp³-hybridized carbons (Fsp3) is 0.417. The molecule has 0 aliphatic heterocycles. The standard InChI is InChI=1S/C12H17NO2/c13-8-6-12(14)7-9-15-10-11-4-2-1-3-5-11/h1-5H,6-10,13H2. The van der Waals surface area contributed by atoms with Gasteiger partial charge in [0, 0.05) is 12.8 Å². The second-order valence-corrected chi connectivity index (χ2v) is 3.37. The number of rotatable bonds is 7. The summed E-state index contributed by atoms with van der Waals surface area (Å²) >= 11 is 0. The van der Waals surface area contributed by atoms with E-state index in [4.69, 9.17) is 10.5 Å². The molecule has 0 aliphatic rings. The van der Waals surface area contributed by atoms with Gasteiger partial charge >= 0.3 is 0 Å². The van der Waals surface area contributed by atoms with Crippen molar-refractivity contribution in [2.75, 3.05) is 13.2 Å². The maximum atomic E-state index is 11.1. The molecular formula is C12H17NO2. The van der Waals surface area contributed by atoms with E-state index in [1.165, 1.54) is 0 Å². The fourth-order valence-electron chi connectivity index (χ4n) is 1.24. The number of carbonyl (C=O) groups is 1. The van der Waals surface area contributed by atoms with Gasteiger partial charge in [-0.25, -0.2) is 0 Å². The summed E-state index contributed by atoms with van der Waals surface area (Å²) in [7, 11) is 0. The summed E-state index contributed by atoms with van der Waals surface area (Å²) in [5.41, 5.74) is 6.39. The van der Waals surface area contributed by atoms with E-state index < -0.39 is 0 Å². The van der Waals surface area contributed by atoms with Gasteiger partial charge in [-0.1, -0.05) is 30.3 Å². The van der Waals surface area contributed by atoms with Crippen molar-refractivity contribution < 1.29 is 9.53 Å². The van der Waals surface area contributed by atoms with Gasteiger partial charge in [0.25, 0.3) is 0 Å². The first-order chi connectivity index (χ1) is 7.33. The summed E-state index contributed by atoms with van der Waals surface area (Å²) < 4.78 is 5.38. The summed E-state index contributed by atoms with van der Waals surface area (Å²) in [6.07, 6.45) is 0.915. The Bertz CT molecular complexity index is 285. The minimum absolute atomic E-state index is 0.172. The molecule has 3 nitrogen and oxygen atoms in total. The highest BCUT2D eigenvalue weighted by Gasteiger charge is 1.99. The second kappa shape index (κ2) is 7.15. The number of ketones is 1. The average molecular weight is 207 g/mol. The quantitative estimate of drug-likeness (QED) is 0.689. The molecule has 0 bridgehead atoms. The summed E-state index contributed by atoms with van der Waals surface area (Å²) in [5.74, 6) is 0.172. The van der Waals surface area contributed by atoms with E-state index in [9.17, 15) is 4.79 Å². The van der Waals surface area contributed by atoms with Crippen LogP contribution in [0.15, 0.2) is 30.3 Å². The van der Waals surface area contributed by atoms with Crippen LogP contribution in [0.4, 0.5) is 0 Å². The van der Waals surface area contributed by atoms with E-state index in [0.717, 1.165) is 5.56 Å². The molecule has 15 heavy (non-hydrogen) atoms. The Hall–Kier alpha value is -1.19. The van der Waals surface area contributed by atoms with Crippen LogP contribution in [-0.4, -0.2) is 18.9 Å². The molecule has 0 saturated carbocycles. The lowest BCUT2D eigenvalue weighted by atomic mass is 10.2. The van der Waals surface area contributed by atoms with Crippen LogP contribution in [0.2, 0.25) is 0 Å². The number of ether oxygens (including phenoxy) is 1. The Labute approximate surface area is 90.2 Å². The largest absolute Gasteiger partial charge is 0.376 e. The molecule has 1 aromatic rings. The Kier molecular flexibility index (Phi) is 5.66. The molecule has 0 atom stereocenters. The van der Waals surface area contributed by atoms with Crippen molar-refractivity contribution in [3.63, 3.8) is 0 Å². The number of benzene rings is 1. The summed E-state index contributed by atoms with van der Waals surface area (Å²) in [4.78, 5) is 11.1. The lowest BCUT2D eigenvalue weighted by Gasteiger charge is -2.03. The molecule has 2 N–H and O–H groups in total. The number of hydrogen-bond donors (Lipinski definition) is 1. The molecule has 0 spiro atoms. The highest BCUT2D eigenvalue weighted by molar-refractivity contribution is 5.78. The first-order valence-corrected chi connectivity index (χ1v) is 5.16. The zero-order chi connectivity index (χ0) is 10.9. The lowest BCUT2D eigenvalue weighted by molar-refractivity contribution is -0.120. The van der Waals surface area contributed by atoms with Crippen LogP contribution in [0.5, 0.6) is 0 Å². The van der Waals surface area contributed by atoms with Crippen molar-refractivity contribution >= 4 is 5.78 Å². The average Bonchev–Trinajstić information content (AvgIpc) is 2.26. The van der Waals surface area contributed by atoms with E-state index in [1.807, 2.05) is 30.3 Å². The Morgan fingerprint density at radius 2 is 1.93 bits per heavy atom. The molecule has 0 fully saturated rings. The first-order valence-electron chi connectivity index (χ1n) is 5.16. The Morgan fingerprint density at radius 1 is 1.20 bits per heavy atom. The third kappa shape index (κ3) is 5.30. The van der Waals surface area contributed by atoms with Crippen LogP contribution in [-0.2, 0) is 16.1 Å². The smallest absolute Gasteiger partial charge is 0.136 e. The Balaban J connectivity index is 2.10. The molecule has 0 amide bonds. The normalized spacial score (nSPS) is 10.2. The van der Waals surface area contributed by atoms with Gasteiger partial charge in [0.15, 0.2) is 0 Å². The number of Topliss-reactive ketones (excluding diaryl/α,β-unsaturated/α-hetero) is 1. The van der Waals surface area contributed by atoms with Crippen molar-refractivity contribution in [1.82, 2.24) is 0 Å². The molecule has 0 aromatic heterocycles. The van der Waals surface area contributed by atoms with Crippen LogP contribution in [0, 0.1) is 0 Å². The molecule has 0 heterocycles. The zero-order valence-corrected chi connectivity index (χ0v) is 8.82. The third-order valence-corrected chi connectivity index (χ3v) is 2.06. The van der Waals surface area contributed by atoms with E-state index in [-0.39, 0.29) is 5.78 Å². The van der Waals surface area contributed by atoms with Crippen molar-refractivity contribution in [2.45, 2.75) is 19.4 Å². The highest BCUT2D eigenvalue weighted by atomic mass is 16.5. The van der Waals surface area contributed by atoms with E-state index in [1.54, 1.807) is 0 Å². The number of carbonyl (C=O) groups excluding carboxylic acids is 1. The molecule has 1 rings (SSSR count). The van der Waals surface area contributed by atoms with Crippen LogP contribution in [0.1, 0.15) is 18.4 Å². The second-order valence-electron chi connectivity index (χ2n) is 3.37. The number of nitrogens with two attached hydrogens (primary N) is 1. The van der Waals surface area contributed by atoms with Gasteiger partial charge < -0.3 is 10.5 Å². The van der Waals surface area contributed by atoms with Gasteiger partial charge in [-0.3, -0.25) is 4.79 Å². The highest BCUT2D eigenvalue weighted by Crippen LogP contribution is 2.01. The predicted octanol–water partition coefficient (Wildman–Crippen LogP) is 1.51. The summed E-state index contributed by atoms with van der Waals surface area (Å²) in [6.45, 7) is 1.47. The molecule has 0 saturated heterocycles. The van der Waals surface area contributed by atoms with Crippen LogP contribution in [0.25, 0.3) is 0 Å². The van der Waals surface area contributed by atoms with Gasteiger partial charge in [0.2, 0.25) is 0 Å². The van der Waals surface area contributed by atoms with Gasteiger partial charge in [0.05, 0.1) is 13.2 Å². The van der Waals surface area contributed by atoms with Crippen molar-refractivity contribution in [3.05, 3.63) is 35.9 Å². The van der Waals surface area contributed by atoms with Crippen LogP contribution < -0.4 is 5.73 Å². The maximum absolute atomic E-state index is 11.1. The maximum Gasteiger partial charge on any atom is 0.136 e. The van der Waals surface area contributed by atoms with Gasteiger partial charge in [0.1, 0.15) is 5.78 Å². The summed E-state index contributed by atoms with van der Waals surface area (Å²) in [5, 5.41) is 0. The molecule has 82 valence electrons. The van der Waals surface area contributed by atoms with Gasteiger partial charge in [-0.15, -0.1) is 0 Å². The lowest BCUT2D eigenvalue weighted by Crippen LogP contribution is -2.10. The molecule has 0 radical (unpaired) electrons. The molecular weight excluding hydrogens is 190 g/mol. The monoisotopic (exact) mass is 207 g/mol. The summed E-state index contributed by atoms with van der Waals surface area (Å²) in [6, 6.07) is 9.91. The zero-order valence-electron chi connectivity index (χ0n) is 8.82. The van der Waals surface area contributed by atoms with E-state index >= 15 is 0 Å². The van der Waals surface area contributed by atoms with Crippen LogP contribution in [0.3, 0.4) is 0 Å². The van der Waals surface area contributed by atoms with E-state index in [0.29, 0.717) is 32.6 Å². The minimum atomic E-state index is 0.172. The Morgan fingerprint density at radius 3 is 2.60 bits per heavy atom. The molecule has 0 unspecified atom stereocenters. The van der Waals surface area contributed by atoms with Gasteiger partial charge in [-0.2, -0.15) is 0 Å². The first kappa shape index (κ1) is 11.9. The van der Waals surface area contributed by atoms with E-state index in [2.05, 4.69) is 0 Å². The molecule has 0 aliphatic carbocycles. The number of hydrogen-bond acceptors (Lipinski definition) is 3. The van der Waals surface area contributed by atoms with Crippen molar-refractivity contribution in [2.24, 2.45) is 5.73 Å². The predicted molar refractivity (Wildman–Crippen MR) is 59.4 cm³/mol. The van der Waals surface area contributed by atoms with Crippen molar-refractivity contribution in [1.29, 1.82) is 0 Å². The SMILES string of the molecule is NCCC(=O)CCOCc1ccccc1. The fourth-order valence-corrected chi connectivity index (χ4v) is 1.24. The van der Waals surface area contributed by atoms with Crippen LogP contribution >= 0.6 is 0 Å². The minimum Gasteiger partial charge on any atom is -0.376 e. The van der Waals surface area contributed by atoms with Crippen molar-refractivity contribution in [3.8, 4) is 0 Å². The van der Waals surface area contributed by atoms with Gasteiger partial charge in [-0.05, 0) is 12.1 Å². The molecule has 1 aromatic carbocycles.